The molecular formula is C8H11OP. The number of hydrogen-bond acceptors (Lipinski definition) is 1. The molecule has 0 aliphatic carbocycles. The van der Waals surface area contributed by atoms with Crippen molar-refractivity contribution in [1.29, 1.82) is 0 Å². The first-order valence-electron chi connectivity index (χ1n) is 3.36. The van der Waals surface area contributed by atoms with Gasteiger partial charge in [-0.15, -0.1) is 0 Å². The van der Waals surface area contributed by atoms with Crippen LogP contribution in [0.3, 0.4) is 0 Å². The van der Waals surface area contributed by atoms with Crippen LogP contribution in [0.15, 0.2) is 30.3 Å². The van der Waals surface area contributed by atoms with Crippen LogP contribution in [0.4, 0.5) is 0 Å². The maximum absolute atomic E-state index is 5.25. The van der Waals surface area contributed by atoms with Crippen LogP contribution in [-0.4, -0.2) is 6.61 Å². The molecular weight excluding hydrogens is 143 g/mol. The molecule has 0 radical (unpaired) electrons. The zero-order chi connectivity index (χ0) is 7.23. The molecule has 0 saturated heterocycles. The molecule has 1 aromatic carbocycles. The van der Waals surface area contributed by atoms with Gasteiger partial charge in [0.25, 0.3) is 0 Å². The summed E-state index contributed by atoms with van der Waals surface area (Å²) in [5, 5.41) is 1.27. The Balaban J connectivity index is 2.43. The van der Waals surface area contributed by atoms with Gasteiger partial charge in [-0.1, -0.05) is 30.3 Å². The number of rotatable bonds is 3. The van der Waals surface area contributed by atoms with Crippen molar-refractivity contribution in [3.05, 3.63) is 30.3 Å². The molecule has 0 aromatic heterocycles. The fraction of sp³-hybridized carbons (Fsp3) is 0.250. The van der Waals surface area contributed by atoms with Crippen molar-refractivity contribution in [1.82, 2.24) is 0 Å². The molecule has 1 unspecified atom stereocenters. The average Bonchev–Trinajstić information content (AvgIpc) is 2.03. The highest BCUT2D eigenvalue weighted by Crippen LogP contribution is 2.09. The summed E-state index contributed by atoms with van der Waals surface area (Å²) in [6.45, 7) is 2.81. The van der Waals surface area contributed by atoms with Gasteiger partial charge in [-0.05, 0) is 12.2 Å². The zero-order valence-electron chi connectivity index (χ0n) is 6.00. The van der Waals surface area contributed by atoms with Gasteiger partial charge in [0.05, 0.1) is 0 Å². The van der Waals surface area contributed by atoms with E-state index < -0.39 is 0 Å². The Morgan fingerprint density at radius 2 is 2.00 bits per heavy atom. The van der Waals surface area contributed by atoms with E-state index in [0.717, 1.165) is 6.61 Å². The summed E-state index contributed by atoms with van der Waals surface area (Å²) in [5.41, 5.74) is 0. The third kappa shape index (κ3) is 2.47. The Kier molecular flexibility index (Phi) is 3.42. The molecule has 1 rings (SSSR count). The summed E-state index contributed by atoms with van der Waals surface area (Å²) in [7, 11) is 0.504. The summed E-state index contributed by atoms with van der Waals surface area (Å²) in [6.07, 6.45) is 0. The van der Waals surface area contributed by atoms with Gasteiger partial charge in [-0.25, -0.2) is 0 Å². The van der Waals surface area contributed by atoms with Crippen molar-refractivity contribution < 1.29 is 4.52 Å². The third-order valence-electron chi connectivity index (χ3n) is 1.11. The average molecular weight is 154 g/mol. The molecule has 0 heterocycles. The second-order valence-corrected chi connectivity index (χ2v) is 2.97. The van der Waals surface area contributed by atoms with Crippen LogP contribution in [0.5, 0.6) is 0 Å². The van der Waals surface area contributed by atoms with E-state index in [1.165, 1.54) is 5.30 Å². The fourth-order valence-corrected chi connectivity index (χ4v) is 1.30. The predicted octanol–water partition coefficient (Wildman–Crippen LogP) is 1.94. The van der Waals surface area contributed by atoms with Gasteiger partial charge in [0.1, 0.15) is 0 Å². The topological polar surface area (TPSA) is 9.23 Å². The lowest BCUT2D eigenvalue weighted by molar-refractivity contribution is 0.394. The second-order valence-electron chi connectivity index (χ2n) is 1.90. The van der Waals surface area contributed by atoms with E-state index in [1.54, 1.807) is 0 Å². The minimum atomic E-state index is 0.504. The highest BCUT2D eigenvalue weighted by molar-refractivity contribution is 7.41. The minimum absolute atomic E-state index is 0.504. The van der Waals surface area contributed by atoms with Gasteiger partial charge in [-0.3, -0.25) is 0 Å². The highest BCUT2D eigenvalue weighted by atomic mass is 31.1. The zero-order valence-corrected chi connectivity index (χ0v) is 7.00. The molecule has 2 heteroatoms. The van der Waals surface area contributed by atoms with E-state index in [9.17, 15) is 0 Å². The second kappa shape index (κ2) is 4.43. The molecule has 0 N–H and O–H groups in total. The Hall–Kier alpha value is -0.390. The highest BCUT2D eigenvalue weighted by Gasteiger charge is 1.87. The molecule has 10 heavy (non-hydrogen) atoms. The van der Waals surface area contributed by atoms with E-state index in [4.69, 9.17) is 4.52 Å². The first-order valence-corrected chi connectivity index (χ1v) is 4.27. The van der Waals surface area contributed by atoms with Crippen LogP contribution >= 0.6 is 8.81 Å². The largest absolute Gasteiger partial charge is 0.358 e. The Morgan fingerprint density at radius 3 is 2.60 bits per heavy atom. The van der Waals surface area contributed by atoms with Crippen LogP contribution in [0.2, 0.25) is 0 Å². The summed E-state index contributed by atoms with van der Waals surface area (Å²) in [6, 6.07) is 10.2. The van der Waals surface area contributed by atoms with Gasteiger partial charge in [0.2, 0.25) is 0 Å². The van der Waals surface area contributed by atoms with Gasteiger partial charge in [0.15, 0.2) is 0 Å². The van der Waals surface area contributed by atoms with Crippen molar-refractivity contribution in [3.63, 3.8) is 0 Å². The molecule has 0 aliphatic rings. The first-order chi connectivity index (χ1) is 4.93. The Bertz CT molecular complexity index is 174. The molecule has 1 atom stereocenters. The molecule has 1 aromatic rings. The van der Waals surface area contributed by atoms with E-state index in [2.05, 4.69) is 12.1 Å². The lowest BCUT2D eigenvalue weighted by Crippen LogP contribution is -1.92. The van der Waals surface area contributed by atoms with Crippen LogP contribution in [0, 0.1) is 0 Å². The molecule has 0 aliphatic heterocycles. The quantitative estimate of drug-likeness (QED) is 0.604. The molecule has 1 nitrogen and oxygen atoms in total. The van der Waals surface area contributed by atoms with Crippen molar-refractivity contribution in [2.24, 2.45) is 0 Å². The minimum Gasteiger partial charge on any atom is -0.358 e. The van der Waals surface area contributed by atoms with Crippen LogP contribution in [0.25, 0.3) is 0 Å². The maximum atomic E-state index is 5.25. The summed E-state index contributed by atoms with van der Waals surface area (Å²) >= 11 is 0. The molecule has 54 valence electrons. The van der Waals surface area contributed by atoms with Gasteiger partial charge < -0.3 is 4.52 Å². The van der Waals surface area contributed by atoms with E-state index in [1.807, 2.05) is 25.1 Å². The van der Waals surface area contributed by atoms with Crippen LogP contribution < -0.4 is 5.30 Å². The van der Waals surface area contributed by atoms with Crippen molar-refractivity contribution in [3.8, 4) is 0 Å². The van der Waals surface area contributed by atoms with Gasteiger partial charge in [0, 0.05) is 15.4 Å². The van der Waals surface area contributed by atoms with Crippen LogP contribution in [0.1, 0.15) is 6.92 Å². The number of benzene rings is 1. The van der Waals surface area contributed by atoms with E-state index >= 15 is 0 Å². The SMILES string of the molecule is CCOPc1ccccc1. The molecule has 0 bridgehead atoms. The molecule has 0 saturated carbocycles. The lowest BCUT2D eigenvalue weighted by atomic mass is 10.4. The monoisotopic (exact) mass is 154 g/mol. The molecule has 0 amide bonds. The Morgan fingerprint density at radius 1 is 1.30 bits per heavy atom. The predicted molar refractivity (Wildman–Crippen MR) is 46.0 cm³/mol. The van der Waals surface area contributed by atoms with Crippen LogP contribution in [-0.2, 0) is 4.52 Å². The lowest BCUT2D eigenvalue weighted by Gasteiger charge is -1.98. The van der Waals surface area contributed by atoms with Crippen molar-refractivity contribution in [2.75, 3.05) is 6.61 Å². The summed E-state index contributed by atoms with van der Waals surface area (Å²) < 4.78 is 5.25. The summed E-state index contributed by atoms with van der Waals surface area (Å²) in [5.74, 6) is 0. The molecule has 0 fully saturated rings. The molecule has 0 spiro atoms. The van der Waals surface area contributed by atoms with Crippen molar-refractivity contribution >= 4 is 14.1 Å². The van der Waals surface area contributed by atoms with Gasteiger partial charge in [-0.2, -0.15) is 0 Å². The van der Waals surface area contributed by atoms with E-state index in [0.29, 0.717) is 8.81 Å². The maximum Gasteiger partial charge on any atom is 0.0481 e. The van der Waals surface area contributed by atoms with Gasteiger partial charge >= 0.3 is 0 Å². The standard InChI is InChI=1S/C8H11OP/c1-2-9-10-8-6-4-3-5-7-8/h3-7,10H,2H2,1H3. The fourth-order valence-electron chi connectivity index (χ4n) is 0.662. The number of hydrogen-bond donors (Lipinski definition) is 0. The first kappa shape index (κ1) is 7.71. The smallest absolute Gasteiger partial charge is 0.0481 e. The van der Waals surface area contributed by atoms with Crippen molar-refractivity contribution in [2.45, 2.75) is 6.92 Å². The normalized spacial score (nSPS) is 10.9. The summed E-state index contributed by atoms with van der Waals surface area (Å²) in [4.78, 5) is 0. The van der Waals surface area contributed by atoms with E-state index in [-0.39, 0.29) is 0 Å². The Labute approximate surface area is 63.3 Å². The third-order valence-corrected chi connectivity index (χ3v) is 2.11.